The van der Waals surface area contributed by atoms with Crippen LogP contribution in [-0.2, 0) is 0 Å². The molecular formula is C16H18N4OS. The zero-order valence-corrected chi connectivity index (χ0v) is 13.4. The SMILES string of the molecule is CCC(CO)Nc1nc(-c2cccnc2)nc2sc(C)cc12. The minimum atomic E-state index is -0.0138. The number of thiophene rings is 1. The van der Waals surface area contributed by atoms with Crippen molar-refractivity contribution in [3.8, 4) is 11.4 Å². The molecule has 0 aliphatic carbocycles. The Labute approximate surface area is 133 Å². The molecule has 0 aromatic carbocycles. The molecule has 114 valence electrons. The molecule has 2 N–H and O–H groups in total. The maximum absolute atomic E-state index is 9.44. The number of aliphatic hydroxyl groups is 1. The molecule has 0 aliphatic heterocycles. The first kappa shape index (κ1) is 14.9. The van der Waals surface area contributed by atoms with Crippen LogP contribution in [-0.4, -0.2) is 32.7 Å². The normalized spacial score (nSPS) is 12.5. The highest BCUT2D eigenvalue weighted by Crippen LogP contribution is 2.31. The number of aromatic nitrogens is 3. The molecule has 3 aromatic heterocycles. The summed E-state index contributed by atoms with van der Waals surface area (Å²) in [5.74, 6) is 1.42. The van der Waals surface area contributed by atoms with Gasteiger partial charge in [-0.05, 0) is 31.5 Å². The van der Waals surface area contributed by atoms with Crippen molar-refractivity contribution in [1.29, 1.82) is 0 Å². The number of rotatable bonds is 5. The van der Waals surface area contributed by atoms with Crippen LogP contribution in [0.5, 0.6) is 0 Å². The Kier molecular flexibility index (Phi) is 4.31. The number of anilines is 1. The predicted molar refractivity (Wildman–Crippen MR) is 90.2 cm³/mol. The molecule has 5 nitrogen and oxygen atoms in total. The van der Waals surface area contributed by atoms with Gasteiger partial charge in [0.05, 0.1) is 18.0 Å². The fourth-order valence-electron chi connectivity index (χ4n) is 2.25. The average Bonchev–Trinajstić information content (AvgIpc) is 2.93. The van der Waals surface area contributed by atoms with Crippen LogP contribution in [0.3, 0.4) is 0 Å². The first-order chi connectivity index (χ1) is 10.7. The summed E-state index contributed by atoms with van der Waals surface area (Å²) in [7, 11) is 0. The summed E-state index contributed by atoms with van der Waals surface area (Å²) in [6, 6.07) is 5.89. The molecule has 0 spiro atoms. The lowest BCUT2D eigenvalue weighted by Crippen LogP contribution is -2.23. The highest BCUT2D eigenvalue weighted by atomic mass is 32.1. The molecule has 0 amide bonds. The van der Waals surface area contributed by atoms with Gasteiger partial charge in [-0.1, -0.05) is 6.92 Å². The summed E-state index contributed by atoms with van der Waals surface area (Å²) < 4.78 is 0. The maximum atomic E-state index is 9.44. The highest BCUT2D eigenvalue weighted by Gasteiger charge is 2.14. The van der Waals surface area contributed by atoms with Crippen molar-refractivity contribution >= 4 is 27.4 Å². The molecule has 6 heteroatoms. The number of fused-ring (bicyclic) bond motifs is 1. The predicted octanol–water partition coefficient (Wildman–Crippen LogP) is 3.24. The number of aryl methyl sites for hydroxylation is 1. The van der Waals surface area contributed by atoms with Crippen LogP contribution in [0.1, 0.15) is 18.2 Å². The van der Waals surface area contributed by atoms with E-state index in [1.54, 1.807) is 23.7 Å². The second kappa shape index (κ2) is 6.37. The van der Waals surface area contributed by atoms with E-state index >= 15 is 0 Å². The number of aliphatic hydroxyl groups excluding tert-OH is 1. The van der Waals surface area contributed by atoms with Crippen LogP contribution in [0, 0.1) is 6.92 Å². The topological polar surface area (TPSA) is 70.9 Å². The molecular weight excluding hydrogens is 296 g/mol. The van der Waals surface area contributed by atoms with Gasteiger partial charge in [-0.25, -0.2) is 9.97 Å². The summed E-state index contributed by atoms with van der Waals surface area (Å²) in [4.78, 5) is 15.6. The van der Waals surface area contributed by atoms with Crippen molar-refractivity contribution in [3.05, 3.63) is 35.5 Å². The van der Waals surface area contributed by atoms with Crippen LogP contribution in [0.25, 0.3) is 21.6 Å². The molecule has 0 saturated carbocycles. The quantitative estimate of drug-likeness (QED) is 0.756. The van der Waals surface area contributed by atoms with Crippen LogP contribution in [0.4, 0.5) is 5.82 Å². The van der Waals surface area contributed by atoms with Crippen LogP contribution < -0.4 is 5.32 Å². The molecule has 1 atom stereocenters. The van der Waals surface area contributed by atoms with E-state index in [9.17, 15) is 5.11 Å². The molecule has 0 aliphatic rings. The Bertz CT molecular complexity index is 768. The van der Waals surface area contributed by atoms with E-state index < -0.39 is 0 Å². The Morgan fingerprint density at radius 2 is 2.23 bits per heavy atom. The van der Waals surface area contributed by atoms with Gasteiger partial charge >= 0.3 is 0 Å². The summed E-state index contributed by atoms with van der Waals surface area (Å²) in [6.07, 6.45) is 4.32. The Hall–Kier alpha value is -2.05. The molecule has 3 aromatic rings. The highest BCUT2D eigenvalue weighted by molar-refractivity contribution is 7.18. The van der Waals surface area contributed by atoms with Crippen molar-refractivity contribution < 1.29 is 5.11 Å². The third-order valence-corrected chi connectivity index (χ3v) is 4.43. The van der Waals surface area contributed by atoms with E-state index in [1.165, 1.54) is 4.88 Å². The fourth-order valence-corrected chi connectivity index (χ4v) is 3.13. The average molecular weight is 314 g/mol. The minimum Gasteiger partial charge on any atom is -0.394 e. The van der Waals surface area contributed by atoms with Gasteiger partial charge in [0, 0.05) is 22.8 Å². The van der Waals surface area contributed by atoms with Gasteiger partial charge in [-0.3, -0.25) is 4.98 Å². The molecule has 3 rings (SSSR count). The van der Waals surface area contributed by atoms with Gasteiger partial charge in [0.15, 0.2) is 5.82 Å². The zero-order chi connectivity index (χ0) is 15.5. The molecule has 0 bridgehead atoms. The minimum absolute atomic E-state index is 0.0138. The first-order valence-electron chi connectivity index (χ1n) is 7.27. The van der Waals surface area contributed by atoms with Gasteiger partial charge in [0.2, 0.25) is 0 Å². The monoisotopic (exact) mass is 314 g/mol. The van der Waals surface area contributed by atoms with Crippen molar-refractivity contribution in [3.63, 3.8) is 0 Å². The van der Waals surface area contributed by atoms with E-state index in [0.29, 0.717) is 5.82 Å². The van der Waals surface area contributed by atoms with Crippen molar-refractivity contribution in [2.75, 3.05) is 11.9 Å². The number of hydrogen-bond acceptors (Lipinski definition) is 6. The van der Waals surface area contributed by atoms with E-state index in [0.717, 1.165) is 28.0 Å². The third-order valence-electron chi connectivity index (χ3n) is 3.49. The van der Waals surface area contributed by atoms with Gasteiger partial charge in [0.25, 0.3) is 0 Å². The lowest BCUT2D eigenvalue weighted by Gasteiger charge is -2.16. The molecule has 0 saturated heterocycles. The first-order valence-corrected chi connectivity index (χ1v) is 8.09. The van der Waals surface area contributed by atoms with Crippen LogP contribution >= 0.6 is 11.3 Å². The van der Waals surface area contributed by atoms with E-state index in [1.807, 2.05) is 19.1 Å². The number of pyridine rings is 1. The van der Waals surface area contributed by atoms with Crippen molar-refractivity contribution in [2.45, 2.75) is 26.3 Å². The summed E-state index contributed by atoms with van der Waals surface area (Å²) in [6.45, 7) is 4.17. The lowest BCUT2D eigenvalue weighted by atomic mass is 10.2. The Morgan fingerprint density at radius 3 is 2.91 bits per heavy atom. The van der Waals surface area contributed by atoms with E-state index in [2.05, 4.69) is 33.3 Å². The molecule has 3 heterocycles. The second-order valence-corrected chi connectivity index (χ2v) is 6.38. The fraction of sp³-hybridized carbons (Fsp3) is 0.312. The lowest BCUT2D eigenvalue weighted by molar-refractivity contribution is 0.271. The number of hydrogen-bond donors (Lipinski definition) is 2. The smallest absolute Gasteiger partial charge is 0.164 e. The van der Waals surface area contributed by atoms with Crippen molar-refractivity contribution in [2.24, 2.45) is 0 Å². The molecule has 1 unspecified atom stereocenters. The van der Waals surface area contributed by atoms with Crippen LogP contribution in [0.2, 0.25) is 0 Å². The van der Waals surface area contributed by atoms with Gasteiger partial charge in [0.1, 0.15) is 10.6 Å². The maximum Gasteiger partial charge on any atom is 0.164 e. The summed E-state index contributed by atoms with van der Waals surface area (Å²) in [5.41, 5.74) is 0.885. The Morgan fingerprint density at radius 1 is 1.36 bits per heavy atom. The molecule has 22 heavy (non-hydrogen) atoms. The van der Waals surface area contributed by atoms with E-state index in [4.69, 9.17) is 0 Å². The second-order valence-electron chi connectivity index (χ2n) is 5.15. The van der Waals surface area contributed by atoms with Gasteiger partial charge in [-0.2, -0.15) is 0 Å². The zero-order valence-electron chi connectivity index (χ0n) is 12.6. The van der Waals surface area contributed by atoms with Crippen LogP contribution in [0.15, 0.2) is 30.6 Å². The third kappa shape index (κ3) is 2.93. The van der Waals surface area contributed by atoms with Gasteiger partial charge < -0.3 is 10.4 Å². The Balaban J connectivity index is 2.12. The van der Waals surface area contributed by atoms with E-state index in [-0.39, 0.29) is 12.6 Å². The summed E-state index contributed by atoms with van der Waals surface area (Å²) >= 11 is 1.64. The molecule has 0 radical (unpaired) electrons. The number of nitrogens with zero attached hydrogens (tertiary/aromatic N) is 3. The largest absolute Gasteiger partial charge is 0.394 e. The van der Waals surface area contributed by atoms with Crippen molar-refractivity contribution in [1.82, 2.24) is 15.0 Å². The summed E-state index contributed by atoms with van der Waals surface area (Å²) in [5, 5.41) is 13.8. The molecule has 0 fully saturated rings. The standard InChI is InChI=1S/C16H18N4OS/c1-3-12(9-21)18-15-13-7-10(2)22-16(13)20-14(19-15)11-5-4-6-17-8-11/h4-8,12,21H,3,9H2,1-2H3,(H,18,19,20). The number of nitrogens with one attached hydrogen (secondary N) is 1. The van der Waals surface area contributed by atoms with Gasteiger partial charge in [-0.15, -0.1) is 11.3 Å².